The van der Waals surface area contributed by atoms with Gasteiger partial charge in [0.25, 0.3) is 0 Å². The Morgan fingerprint density at radius 2 is 1.61 bits per heavy atom. The van der Waals surface area contributed by atoms with Crippen LogP contribution in [-0.2, 0) is 5.54 Å². The van der Waals surface area contributed by atoms with Gasteiger partial charge in [-0.1, -0.05) is 66.7 Å². The van der Waals surface area contributed by atoms with Crippen molar-refractivity contribution in [2.24, 2.45) is 0 Å². The van der Waals surface area contributed by atoms with Crippen molar-refractivity contribution < 1.29 is 9.50 Å². The minimum atomic E-state index is -0.211. The van der Waals surface area contributed by atoms with Crippen LogP contribution < -0.4 is 5.32 Å². The SMILES string of the molecule is CC(c1ccc(-c2ccc(F)cc2)cc1)N1CCC(CCCO)(c2ccccc2)NC1. The fraction of sp³-hybridized carbons (Fsp3) is 0.333. The molecule has 0 spiro atoms. The van der Waals surface area contributed by atoms with Crippen LogP contribution in [0, 0.1) is 5.82 Å². The summed E-state index contributed by atoms with van der Waals surface area (Å²) in [5, 5.41) is 13.2. The Morgan fingerprint density at radius 1 is 0.968 bits per heavy atom. The van der Waals surface area contributed by atoms with Gasteiger partial charge in [0.15, 0.2) is 0 Å². The van der Waals surface area contributed by atoms with Gasteiger partial charge in [0.2, 0.25) is 0 Å². The second-order valence-corrected chi connectivity index (χ2v) is 8.48. The predicted molar refractivity (Wildman–Crippen MR) is 124 cm³/mol. The minimum Gasteiger partial charge on any atom is -0.396 e. The molecule has 1 fully saturated rings. The molecule has 3 aromatic rings. The van der Waals surface area contributed by atoms with Crippen LogP contribution in [0.4, 0.5) is 4.39 Å². The normalized spacial score (nSPS) is 20.5. The first kappa shape index (κ1) is 21.7. The number of aliphatic hydroxyl groups excluding tert-OH is 1. The number of hydrogen-bond donors (Lipinski definition) is 2. The Hall–Kier alpha value is -2.53. The van der Waals surface area contributed by atoms with Gasteiger partial charge >= 0.3 is 0 Å². The highest BCUT2D eigenvalue weighted by atomic mass is 19.1. The van der Waals surface area contributed by atoms with Crippen LogP contribution in [-0.4, -0.2) is 29.8 Å². The molecule has 3 aromatic carbocycles. The lowest BCUT2D eigenvalue weighted by Crippen LogP contribution is -2.55. The molecule has 0 saturated carbocycles. The van der Waals surface area contributed by atoms with Crippen molar-refractivity contribution in [3.63, 3.8) is 0 Å². The van der Waals surface area contributed by atoms with Gasteiger partial charge in [0.05, 0.1) is 0 Å². The van der Waals surface area contributed by atoms with Crippen molar-refractivity contribution in [3.05, 3.63) is 95.8 Å². The number of aliphatic hydroxyl groups is 1. The molecule has 2 N–H and O–H groups in total. The Morgan fingerprint density at radius 3 is 2.19 bits per heavy atom. The summed E-state index contributed by atoms with van der Waals surface area (Å²) >= 11 is 0. The van der Waals surface area contributed by atoms with Gasteiger partial charge in [-0.3, -0.25) is 10.2 Å². The van der Waals surface area contributed by atoms with Crippen LogP contribution in [0.15, 0.2) is 78.9 Å². The minimum absolute atomic E-state index is 0.0767. The van der Waals surface area contributed by atoms with Crippen molar-refractivity contribution in [3.8, 4) is 11.1 Å². The lowest BCUT2D eigenvalue weighted by atomic mass is 9.81. The molecule has 0 aliphatic carbocycles. The molecule has 0 radical (unpaired) electrons. The molecule has 3 nitrogen and oxygen atoms in total. The van der Waals surface area contributed by atoms with Gasteiger partial charge in [0.1, 0.15) is 5.82 Å². The Labute approximate surface area is 184 Å². The molecule has 2 atom stereocenters. The van der Waals surface area contributed by atoms with Gasteiger partial charge in [-0.25, -0.2) is 4.39 Å². The fourth-order valence-electron chi connectivity index (χ4n) is 4.63. The van der Waals surface area contributed by atoms with E-state index >= 15 is 0 Å². The van der Waals surface area contributed by atoms with Crippen LogP contribution in [0.3, 0.4) is 0 Å². The quantitative estimate of drug-likeness (QED) is 0.534. The summed E-state index contributed by atoms with van der Waals surface area (Å²) in [6.07, 6.45) is 2.74. The average molecular weight is 419 g/mol. The topological polar surface area (TPSA) is 35.5 Å². The van der Waals surface area contributed by atoms with Crippen molar-refractivity contribution in [1.29, 1.82) is 0 Å². The summed E-state index contributed by atoms with van der Waals surface area (Å²) in [4.78, 5) is 2.47. The summed E-state index contributed by atoms with van der Waals surface area (Å²) in [5.74, 6) is -0.211. The number of nitrogens with one attached hydrogen (secondary N) is 1. The molecule has 1 saturated heterocycles. The maximum atomic E-state index is 13.2. The standard InChI is InChI=1S/C27H31FN2O/c1-21(22-8-10-23(11-9-22)24-12-14-26(28)15-13-24)30-18-17-27(29-20-30,16-5-19-31)25-6-3-2-4-7-25/h2-4,6-15,21,29,31H,5,16-20H2,1H3. The van der Waals surface area contributed by atoms with E-state index in [2.05, 4.69) is 71.7 Å². The van der Waals surface area contributed by atoms with Crippen molar-refractivity contribution in [1.82, 2.24) is 10.2 Å². The van der Waals surface area contributed by atoms with Crippen molar-refractivity contribution >= 4 is 0 Å². The van der Waals surface area contributed by atoms with Gasteiger partial charge in [-0.15, -0.1) is 0 Å². The fourth-order valence-corrected chi connectivity index (χ4v) is 4.63. The number of benzene rings is 3. The van der Waals surface area contributed by atoms with E-state index < -0.39 is 0 Å². The number of halogens is 1. The smallest absolute Gasteiger partial charge is 0.123 e. The van der Waals surface area contributed by atoms with E-state index in [0.717, 1.165) is 43.6 Å². The third-order valence-electron chi connectivity index (χ3n) is 6.65. The molecule has 0 bridgehead atoms. The van der Waals surface area contributed by atoms with Crippen molar-refractivity contribution in [2.45, 2.75) is 37.8 Å². The molecular weight excluding hydrogens is 387 g/mol. The molecule has 0 amide bonds. The lowest BCUT2D eigenvalue weighted by Gasteiger charge is -2.45. The van der Waals surface area contributed by atoms with Crippen LogP contribution in [0.5, 0.6) is 0 Å². The van der Waals surface area contributed by atoms with E-state index in [-0.39, 0.29) is 18.0 Å². The second-order valence-electron chi connectivity index (χ2n) is 8.48. The number of hydrogen-bond acceptors (Lipinski definition) is 3. The van der Waals surface area contributed by atoms with E-state index in [4.69, 9.17) is 0 Å². The van der Waals surface area contributed by atoms with Gasteiger partial charge < -0.3 is 5.11 Å². The molecule has 1 aliphatic rings. The zero-order valence-electron chi connectivity index (χ0n) is 18.1. The van der Waals surface area contributed by atoms with Crippen LogP contribution in [0.25, 0.3) is 11.1 Å². The molecule has 162 valence electrons. The third-order valence-corrected chi connectivity index (χ3v) is 6.65. The van der Waals surface area contributed by atoms with Gasteiger partial charge in [-0.05, 0) is 60.6 Å². The molecule has 4 heteroatoms. The van der Waals surface area contributed by atoms with E-state index in [1.807, 2.05) is 12.1 Å². The highest BCUT2D eigenvalue weighted by Crippen LogP contribution is 2.35. The monoisotopic (exact) mass is 418 g/mol. The second kappa shape index (κ2) is 9.73. The highest BCUT2D eigenvalue weighted by molar-refractivity contribution is 5.63. The Balaban J connectivity index is 1.44. The zero-order chi connectivity index (χ0) is 21.7. The van der Waals surface area contributed by atoms with E-state index in [0.29, 0.717) is 6.04 Å². The zero-order valence-corrected chi connectivity index (χ0v) is 18.1. The van der Waals surface area contributed by atoms with Crippen molar-refractivity contribution in [2.75, 3.05) is 19.8 Å². The summed E-state index contributed by atoms with van der Waals surface area (Å²) in [7, 11) is 0. The largest absolute Gasteiger partial charge is 0.396 e. The number of nitrogens with zero attached hydrogens (tertiary/aromatic N) is 1. The summed E-state index contributed by atoms with van der Waals surface area (Å²) in [5.41, 5.74) is 4.62. The molecule has 1 heterocycles. The van der Waals surface area contributed by atoms with E-state index in [1.54, 1.807) is 0 Å². The van der Waals surface area contributed by atoms with Gasteiger partial charge in [-0.2, -0.15) is 0 Å². The lowest BCUT2D eigenvalue weighted by molar-refractivity contribution is 0.0804. The maximum absolute atomic E-state index is 13.2. The molecule has 4 rings (SSSR count). The predicted octanol–water partition coefficient (Wildman–Crippen LogP) is 5.47. The van der Waals surface area contributed by atoms with E-state index in [9.17, 15) is 9.50 Å². The first-order chi connectivity index (χ1) is 15.1. The van der Waals surface area contributed by atoms with Gasteiger partial charge in [0, 0.05) is 31.4 Å². The Kier molecular flexibility index (Phi) is 6.81. The highest BCUT2D eigenvalue weighted by Gasteiger charge is 2.36. The molecular formula is C27H31FN2O. The van der Waals surface area contributed by atoms with Crippen LogP contribution in [0.2, 0.25) is 0 Å². The molecule has 2 unspecified atom stereocenters. The van der Waals surface area contributed by atoms with Crippen LogP contribution >= 0.6 is 0 Å². The molecule has 1 aliphatic heterocycles. The summed E-state index contributed by atoms with van der Waals surface area (Å²) < 4.78 is 13.2. The molecule has 0 aromatic heterocycles. The third kappa shape index (κ3) is 4.87. The van der Waals surface area contributed by atoms with Crippen LogP contribution in [0.1, 0.15) is 43.4 Å². The first-order valence-electron chi connectivity index (χ1n) is 11.1. The summed E-state index contributed by atoms with van der Waals surface area (Å²) in [6, 6.07) is 26.1. The maximum Gasteiger partial charge on any atom is 0.123 e. The molecule has 31 heavy (non-hydrogen) atoms. The number of rotatable bonds is 7. The van der Waals surface area contributed by atoms with E-state index in [1.165, 1.54) is 23.3 Å². The Bertz CT molecular complexity index is 949. The average Bonchev–Trinajstić information content (AvgIpc) is 2.84. The summed E-state index contributed by atoms with van der Waals surface area (Å²) in [6.45, 7) is 4.27. The first-order valence-corrected chi connectivity index (χ1v) is 11.1.